The Kier molecular flexibility index (Phi) is 3.62. The normalized spacial score (nSPS) is 11.9. The number of rotatable bonds is 5. The van der Waals surface area contributed by atoms with Gasteiger partial charge >= 0.3 is 0 Å². The van der Waals surface area contributed by atoms with E-state index >= 15 is 0 Å². The molecule has 3 aromatic heterocycles. The highest BCUT2D eigenvalue weighted by molar-refractivity contribution is 7.89. The molecule has 0 aromatic carbocycles. The van der Waals surface area contributed by atoms with Crippen molar-refractivity contribution in [1.29, 1.82) is 0 Å². The summed E-state index contributed by atoms with van der Waals surface area (Å²) in [5.74, 6) is 0.337. The fourth-order valence-corrected chi connectivity index (χ4v) is 4.01. The molecule has 0 fully saturated rings. The first-order chi connectivity index (χ1) is 10.1. The minimum Gasteiger partial charge on any atom is -0.371 e. The Morgan fingerprint density at radius 2 is 2.10 bits per heavy atom. The third kappa shape index (κ3) is 2.62. The first kappa shape index (κ1) is 14.0. The summed E-state index contributed by atoms with van der Waals surface area (Å²) >= 11 is 1.38. The second-order valence-electron chi connectivity index (χ2n) is 4.25. The Morgan fingerprint density at radius 1 is 1.33 bits per heavy atom. The van der Waals surface area contributed by atoms with Gasteiger partial charge in [-0.1, -0.05) is 0 Å². The first-order valence-corrected chi connectivity index (χ1v) is 8.50. The Morgan fingerprint density at radius 3 is 2.81 bits per heavy atom. The van der Waals surface area contributed by atoms with Crippen LogP contribution >= 0.6 is 11.3 Å². The van der Waals surface area contributed by atoms with Crippen LogP contribution in [0.4, 0.5) is 5.82 Å². The molecular weight excluding hydrogens is 310 g/mol. The molecule has 3 heterocycles. The van der Waals surface area contributed by atoms with Crippen LogP contribution in [0.15, 0.2) is 41.1 Å². The minimum atomic E-state index is -3.68. The summed E-state index contributed by atoms with van der Waals surface area (Å²) < 4.78 is 29.2. The molecule has 0 spiro atoms. The molecule has 0 aliphatic carbocycles. The highest BCUT2D eigenvalue weighted by atomic mass is 32.2. The fraction of sp³-hybridized carbons (Fsp3) is 0.167. The summed E-state index contributed by atoms with van der Waals surface area (Å²) in [6, 6.07) is 3.52. The Balaban J connectivity index is 1.94. The van der Waals surface area contributed by atoms with E-state index in [1.54, 1.807) is 47.6 Å². The van der Waals surface area contributed by atoms with Crippen LogP contribution < -0.4 is 10.0 Å². The summed E-state index contributed by atoms with van der Waals surface area (Å²) in [7, 11) is -2.03. The van der Waals surface area contributed by atoms with Crippen LogP contribution in [-0.2, 0) is 16.6 Å². The van der Waals surface area contributed by atoms with Crippen molar-refractivity contribution in [3.63, 3.8) is 0 Å². The number of thiazole rings is 1. The lowest BCUT2D eigenvalue weighted by Gasteiger charge is -2.07. The minimum absolute atomic E-state index is 0.121. The Bertz CT molecular complexity index is 854. The molecule has 3 rings (SSSR count). The van der Waals surface area contributed by atoms with Gasteiger partial charge in [0.05, 0.1) is 0 Å². The van der Waals surface area contributed by atoms with Crippen LogP contribution in [0.25, 0.3) is 4.96 Å². The summed E-state index contributed by atoms with van der Waals surface area (Å²) in [6.45, 7) is 0.200. The Labute approximate surface area is 125 Å². The lowest BCUT2D eigenvalue weighted by atomic mass is 10.3. The molecule has 7 nitrogen and oxygen atoms in total. The SMILES string of the molecule is CNc1nc2sccn2c1S(=O)(=O)NCc1ccncc1. The topological polar surface area (TPSA) is 88.4 Å². The number of anilines is 1. The van der Waals surface area contributed by atoms with E-state index in [1.165, 1.54) is 11.3 Å². The quantitative estimate of drug-likeness (QED) is 0.739. The maximum Gasteiger partial charge on any atom is 0.260 e. The number of hydrogen-bond acceptors (Lipinski definition) is 6. The van der Waals surface area contributed by atoms with Gasteiger partial charge in [0.2, 0.25) is 0 Å². The average Bonchev–Trinajstić information content (AvgIpc) is 3.06. The van der Waals surface area contributed by atoms with Gasteiger partial charge in [-0.25, -0.2) is 18.1 Å². The van der Waals surface area contributed by atoms with Crippen molar-refractivity contribution in [2.24, 2.45) is 0 Å². The fourth-order valence-electron chi connectivity index (χ4n) is 1.93. The van der Waals surface area contributed by atoms with E-state index in [0.29, 0.717) is 10.8 Å². The van der Waals surface area contributed by atoms with Crippen molar-refractivity contribution in [1.82, 2.24) is 19.1 Å². The molecule has 110 valence electrons. The third-order valence-corrected chi connectivity index (χ3v) is 5.11. The van der Waals surface area contributed by atoms with Gasteiger partial charge in [0.25, 0.3) is 10.0 Å². The van der Waals surface area contributed by atoms with Crippen LogP contribution in [0.2, 0.25) is 0 Å². The number of aromatic nitrogens is 3. The molecule has 0 aliphatic rings. The molecule has 0 radical (unpaired) electrons. The number of hydrogen-bond donors (Lipinski definition) is 2. The lowest BCUT2D eigenvalue weighted by molar-refractivity contribution is 0.577. The van der Waals surface area contributed by atoms with Crippen LogP contribution in [0.3, 0.4) is 0 Å². The molecule has 0 amide bonds. The van der Waals surface area contributed by atoms with Crippen LogP contribution in [0.5, 0.6) is 0 Å². The summed E-state index contributed by atoms with van der Waals surface area (Å²) in [5, 5.41) is 4.74. The van der Waals surface area contributed by atoms with Gasteiger partial charge in [0.15, 0.2) is 15.8 Å². The standard InChI is InChI=1S/C12H13N5O2S2/c1-13-10-11(17-6-7-20-12(17)16-10)21(18,19)15-8-9-2-4-14-5-3-9/h2-7,13,15H,8H2,1H3. The van der Waals surface area contributed by atoms with Gasteiger partial charge in [-0.15, -0.1) is 11.3 Å². The molecule has 21 heavy (non-hydrogen) atoms. The van der Waals surface area contributed by atoms with Gasteiger partial charge in [0, 0.05) is 37.6 Å². The zero-order chi connectivity index (χ0) is 14.9. The monoisotopic (exact) mass is 323 g/mol. The number of nitrogens with zero attached hydrogens (tertiary/aromatic N) is 3. The molecule has 2 N–H and O–H groups in total. The number of fused-ring (bicyclic) bond motifs is 1. The molecule has 0 aliphatic heterocycles. The van der Waals surface area contributed by atoms with E-state index in [1.807, 2.05) is 0 Å². The summed E-state index contributed by atoms with van der Waals surface area (Å²) in [6.07, 6.45) is 4.94. The number of sulfonamides is 1. The van der Waals surface area contributed by atoms with E-state index in [9.17, 15) is 8.42 Å². The molecule has 9 heteroatoms. The maximum atomic E-state index is 12.5. The molecular formula is C12H13N5O2S2. The van der Waals surface area contributed by atoms with E-state index in [2.05, 4.69) is 20.0 Å². The molecule has 3 aromatic rings. The average molecular weight is 323 g/mol. The van der Waals surface area contributed by atoms with Crippen molar-refractivity contribution >= 4 is 32.1 Å². The van der Waals surface area contributed by atoms with Gasteiger partial charge in [-0.3, -0.25) is 9.38 Å². The molecule has 0 bridgehead atoms. The first-order valence-electron chi connectivity index (χ1n) is 6.13. The van der Waals surface area contributed by atoms with Gasteiger partial charge in [-0.2, -0.15) is 0 Å². The highest BCUT2D eigenvalue weighted by Crippen LogP contribution is 2.25. The number of nitrogens with one attached hydrogen (secondary N) is 2. The van der Waals surface area contributed by atoms with E-state index in [0.717, 1.165) is 5.56 Å². The second kappa shape index (κ2) is 5.43. The van der Waals surface area contributed by atoms with Gasteiger partial charge < -0.3 is 5.32 Å². The van der Waals surface area contributed by atoms with Crippen molar-refractivity contribution in [3.05, 3.63) is 41.7 Å². The van der Waals surface area contributed by atoms with Crippen LogP contribution in [-0.4, -0.2) is 29.8 Å². The molecule has 0 saturated heterocycles. The highest BCUT2D eigenvalue weighted by Gasteiger charge is 2.25. The Hall–Kier alpha value is -1.97. The van der Waals surface area contributed by atoms with Crippen molar-refractivity contribution in [3.8, 4) is 0 Å². The maximum absolute atomic E-state index is 12.5. The zero-order valence-corrected chi connectivity index (χ0v) is 12.8. The summed E-state index contributed by atoms with van der Waals surface area (Å²) in [4.78, 5) is 8.78. The van der Waals surface area contributed by atoms with Gasteiger partial charge in [-0.05, 0) is 17.7 Å². The van der Waals surface area contributed by atoms with E-state index < -0.39 is 10.0 Å². The van der Waals surface area contributed by atoms with Gasteiger partial charge in [0.1, 0.15) is 0 Å². The predicted octanol–water partition coefficient (Wildman–Crippen LogP) is 1.31. The molecule has 0 atom stereocenters. The number of pyridine rings is 1. The molecule has 0 saturated carbocycles. The van der Waals surface area contributed by atoms with E-state index in [-0.39, 0.29) is 11.6 Å². The smallest absolute Gasteiger partial charge is 0.260 e. The van der Waals surface area contributed by atoms with Crippen LogP contribution in [0.1, 0.15) is 5.56 Å². The zero-order valence-electron chi connectivity index (χ0n) is 11.1. The van der Waals surface area contributed by atoms with Crippen LogP contribution in [0, 0.1) is 0 Å². The largest absolute Gasteiger partial charge is 0.371 e. The van der Waals surface area contributed by atoms with Crippen molar-refractivity contribution < 1.29 is 8.42 Å². The summed E-state index contributed by atoms with van der Waals surface area (Å²) in [5.41, 5.74) is 0.839. The predicted molar refractivity (Wildman–Crippen MR) is 80.9 cm³/mol. The van der Waals surface area contributed by atoms with Crippen molar-refractivity contribution in [2.75, 3.05) is 12.4 Å². The number of imidazole rings is 1. The second-order valence-corrected chi connectivity index (χ2v) is 6.81. The molecule has 0 unspecified atom stereocenters. The van der Waals surface area contributed by atoms with E-state index in [4.69, 9.17) is 0 Å². The van der Waals surface area contributed by atoms with Crippen molar-refractivity contribution in [2.45, 2.75) is 11.6 Å². The lowest BCUT2D eigenvalue weighted by Crippen LogP contribution is -2.25. The third-order valence-electron chi connectivity index (χ3n) is 2.93.